The smallest absolute Gasteiger partial charge is 0.228 e. The lowest BCUT2D eigenvalue weighted by Gasteiger charge is -2.22. The van der Waals surface area contributed by atoms with Crippen molar-refractivity contribution in [3.05, 3.63) is 30.1 Å². The number of carbonyl (C=O) groups excluding carboxylic acids is 1. The Balaban J connectivity index is 2.47. The minimum Gasteiger partial charge on any atom is -0.354 e. The fourth-order valence-electron chi connectivity index (χ4n) is 1.36. The van der Waals surface area contributed by atoms with Crippen molar-refractivity contribution >= 4 is 5.91 Å². The Morgan fingerprint density at radius 1 is 1.41 bits per heavy atom. The second kappa shape index (κ2) is 6.98. The van der Waals surface area contributed by atoms with Crippen LogP contribution in [0.3, 0.4) is 0 Å². The molecule has 0 spiro atoms. The summed E-state index contributed by atoms with van der Waals surface area (Å²) in [6.07, 6.45) is 1.57. The fourth-order valence-corrected chi connectivity index (χ4v) is 1.36. The molecule has 94 valence electrons. The van der Waals surface area contributed by atoms with Gasteiger partial charge >= 0.3 is 0 Å². The summed E-state index contributed by atoms with van der Waals surface area (Å²) in [5, 5.41) is 0. The van der Waals surface area contributed by atoms with Crippen LogP contribution in [0.2, 0.25) is 0 Å². The van der Waals surface area contributed by atoms with E-state index in [-0.39, 0.29) is 12.3 Å². The van der Waals surface area contributed by atoms with Gasteiger partial charge in [0.05, 0.1) is 13.0 Å². The topological polar surface area (TPSA) is 51.7 Å². The van der Waals surface area contributed by atoms with Crippen LogP contribution < -0.4 is 0 Å². The standard InChI is InChI=1S/C12H18N2O3/c1-14(9-12(16-2)17-3)11(15)8-10-6-4-5-7-13-10/h4-7,12H,8-9H2,1-3H3. The van der Waals surface area contributed by atoms with Gasteiger partial charge in [0.2, 0.25) is 5.91 Å². The van der Waals surface area contributed by atoms with E-state index in [4.69, 9.17) is 9.47 Å². The van der Waals surface area contributed by atoms with Gasteiger partial charge in [-0.3, -0.25) is 9.78 Å². The zero-order chi connectivity index (χ0) is 12.7. The van der Waals surface area contributed by atoms with Crippen LogP contribution in [0.15, 0.2) is 24.4 Å². The summed E-state index contributed by atoms with van der Waals surface area (Å²) in [7, 11) is 4.81. The summed E-state index contributed by atoms with van der Waals surface area (Å²) in [5.74, 6) is -0.0113. The number of pyridine rings is 1. The van der Waals surface area contributed by atoms with Crippen molar-refractivity contribution in [2.24, 2.45) is 0 Å². The van der Waals surface area contributed by atoms with Crippen LogP contribution in [0.1, 0.15) is 5.69 Å². The molecule has 0 aliphatic carbocycles. The van der Waals surface area contributed by atoms with E-state index in [2.05, 4.69) is 4.98 Å². The molecule has 0 aliphatic heterocycles. The molecule has 0 bridgehead atoms. The largest absolute Gasteiger partial charge is 0.354 e. The van der Waals surface area contributed by atoms with E-state index < -0.39 is 6.29 Å². The van der Waals surface area contributed by atoms with Crippen molar-refractivity contribution in [3.8, 4) is 0 Å². The molecule has 17 heavy (non-hydrogen) atoms. The molecular weight excluding hydrogens is 220 g/mol. The molecule has 1 heterocycles. The summed E-state index contributed by atoms with van der Waals surface area (Å²) in [6.45, 7) is 0.401. The minimum atomic E-state index is -0.396. The summed E-state index contributed by atoms with van der Waals surface area (Å²) in [4.78, 5) is 17.5. The average molecular weight is 238 g/mol. The number of ether oxygens (including phenoxy) is 2. The number of rotatable bonds is 6. The quantitative estimate of drug-likeness (QED) is 0.685. The van der Waals surface area contributed by atoms with Crippen molar-refractivity contribution in [2.45, 2.75) is 12.7 Å². The van der Waals surface area contributed by atoms with E-state index in [1.54, 1.807) is 32.4 Å². The molecule has 1 aromatic rings. The van der Waals surface area contributed by atoms with Crippen molar-refractivity contribution in [3.63, 3.8) is 0 Å². The first kappa shape index (κ1) is 13.6. The molecular formula is C12H18N2O3. The number of hydrogen-bond acceptors (Lipinski definition) is 4. The van der Waals surface area contributed by atoms with Gasteiger partial charge < -0.3 is 14.4 Å². The maximum Gasteiger partial charge on any atom is 0.228 e. The van der Waals surface area contributed by atoms with Gasteiger partial charge in [-0.2, -0.15) is 0 Å². The number of nitrogens with zero attached hydrogens (tertiary/aromatic N) is 2. The molecule has 1 rings (SSSR count). The van der Waals surface area contributed by atoms with E-state index in [0.717, 1.165) is 5.69 Å². The molecule has 0 aliphatic rings. The molecule has 0 unspecified atom stereocenters. The Kier molecular flexibility index (Phi) is 5.59. The highest BCUT2D eigenvalue weighted by Crippen LogP contribution is 2.00. The Morgan fingerprint density at radius 3 is 2.65 bits per heavy atom. The number of methoxy groups -OCH3 is 2. The Bertz CT molecular complexity index is 339. The summed E-state index contributed by atoms with van der Waals surface area (Å²) < 4.78 is 10.1. The van der Waals surface area contributed by atoms with Gasteiger partial charge in [-0.05, 0) is 12.1 Å². The number of hydrogen-bond donors (Lipinski definition) is 0. The van der Waals surface area contributed by atoms with Crippen LogP contribution in [0.5, 0.6) is 0 Å². The summed E-state index contributed by atoms with van der Waals surface area (Å²) in [5.41, 5.74) is 0.760. The molecule has 0 N–H and O–H groups in total. The first-order valence-electron chi connectivity index (χ1n) is 5.36. The van der Waals surface area contributed by atoms with E-state index in [1.165, 1.54) is 0 Å². The summed E-state index contributed by atoms with van der Waals surface area (Å²) in [6, 6.07) is 5.52. The number of carbonyl (C=O) groups is 1. The molecule has 5 heteroatoms. The van der Waals surface area contributed by atoms with Crippen LogP contribution in [0.4, 0.5) is 0 Å². The second-order valence-corrected chi connectivity index (χ2v) is 3.67. The third-order valence-corrected chi connectivity index (χ3v) is 2.43. The molecule has 1 aromatic heterocycles. The zero-order valence-corrected chi connectivity index (χ0v) is 10.4. The second-order valence-electron chi connectivity index (χ2n) is 3.67. The van der Waals surface area contributed by atoms with Crippen molar-refractivity contribution < 1.29 is 14.3 Å². The first-order chi connectivity index (χ1) is 8.17. The van der Waals surface area contributed by atoms with Gasteiger partial charge in [0.15, 0.2) is 6.29 Å². The Hall–Kier alpha value is -1.46. The average Bonchev–Trinajstić information content (AvgIpc) is 2.36. The van der Waals surface area contributed by atoms with Crippen LogP contribution >= 0.6 is 0 Å². The normalized spacial score (nSPS) is 10.6. The Morgan fingerprint density at radius 2 is 2.12 bits per heavy atom. The molecule has 0 atom stereocenters. The molecule has 5 nitrogen and oxygen atoms in total. The molecule has 0 radical (unpaired) electrons. The lowest BCUT2D eigenvalue weighted by molar-refractivity contribution is -0.142. The highest BCUT2D eigenvalue weighted by Gasteiger charge is 2.15. The third kappa shape index (κ3) is 4.50. The van der Waals surface area contributed by atoms with Crippen molar-refractivity contribution in [2.75, 3.05) is 27.8 Å². The number of likely N-dealkylation sites (N-methyl/N-ethyl adjacent to an activating group) is 1. The molecule has 0 saturated carbocycles. The van der Waals surface area contributed by atoms with Gasteiger partial charge in [-0.1, -0.05) is 6.07 Å². The monoisotopic (exact) mass is 238 g/mol. The highest BCUT2D eigenvalue weighted by atomic mass is 16.7. The lowest BCUT2D eigenvalue weighted by Crippen LogP contribution is -2.37. The highest BCUT2D eigenvalue weighted by molar-refractivity contribution is 5.78. The maximum atomic E-state index is 11.9. The molecule has 0 saturated heterocycles. The van der Waals surface area contributed by atoms with E-state index in [0.29, 0.717) is 6.54 Å². The SMILES string of the molecule is COC(CN(C)C(=O)Cc1ccccn1)OC. The lowest BCUT2D eigenvalue weighted by atomic mass is 10.2. The van der Waals surface area contributed by atoms with E-state index in [1.807, 2.05) is 18.2 Å². The van der Waals surface area contributed by atoms with E-state index >= 15 is 0 Å². The third-order valence-electron chi connectivity index (χ3n) is 2.43. The predicted molar refractivity (Wildman–Crippen MR) is 63.4 cm³/mol. The number of amides is 1. The van der Waals surface area contributed by atoms with Crippen LogP contribution in [-0.4, -0.2) is 49.9 Å². The van der Waals surface area contributed by atoms with Crippen LogP contribution in [0.25, 0.3) is 0 Å². The first-order valence-corrected chi connectivity index (χ1v) is 5.36. The van der Waals surface area contributed by atoms with Gasteiger partial charge in [-0.15, -0.1) is 0 Å². The van der Waals surface area contributed by atoms with Gasteiger partial charge in [-0.25, -0.2) is 0 Å². The zero-order valence-electron chi connectivity index (χ0n) is 10.4. The van der Waals surface area contributed by atoms with Crippen LogP contribution in [-0.2, 0) is 20.7 Å². The van der Waals surface area contributed by atoms with Gasteiger partial charge in [0.1, 0.15) is 0 Å². The van der Waals surface area contributed by atoms with Crippen molar-refractivity contribution in [1.82, 2.24) is 9.88 Å². The van der Waals surface area contributed by atoms with E-state index in [9.17, 15) is 4.79 Å². The summed E-state index contributed by atoms with van der Waals surface area (Å²) >= 11 is 0. The maximum absolute atomic E-state index is 11.9. The number of aromatic nitrogens is 1. The fraction of sp³-hybridized carbons (Fsp3) is 0.500. The molecule has 0 fully saturated rings. The van der Waals surface area contributed by atoms with Gasteiger partial charge in [0.25, 0.3) is 0 Å². The molecule has 1 amide bonds. The predicted octanol–water partition coefficient (Wildman–Crippen LogP) is 0.701. The van der Waals surface area contributed by atoms with Crippen molar-refractivity contribution in [1.29, 1.82) is 0 Å². The minimum absolute atomic E-state index is 0.0113. The van der Waals surface area contributed by atoms with Crippen LogP contribution in [0, 0.1) is 0 Å². The molecule has 0 aromatic carbocycles. The Labute approximate surface area is 101 Å². The van der Waals surface area contributed by atoms with Gasteiger partial charge in [0, 0.05) is 33.2 Å².